The van der Waals surface area contributed by atoms with Crippen molar-refractivity contribution < 1.29 is 9.53 Å². The van der Waals surface area contributed by atoms with Crippen molar-refractivity contribution in [3.05, 3.63) is 41.3 Å². The van der Waals surface area contributed by atoms with Crippen molar-refractivity contribution in [1.29, 1.82) is 0 Å². The molecule has 9 nitrogen and oxygen atoms in total. The van der Waals surface area contributed by atoms with Crippen LogP contribution in [0.4, 0.5) is 11.5 Å². The summed E-state index contributed by atoms with van der Waals surface area (Å²) in [5.74, 6) is 1.72. The molecule has 2 aliphatic rings. The third-order valence-electron chi connectivity index (χ3n) is 6.40. The van der Waals surface area contributed by atoms with Crippen molar-refractivity contribution in [3.63, 3.8) is 0 Å². The molecule has 0 saturated carbocycles. The van der Waals surface area contributed by atoms with E-state index in [-0.39, 0.29) is 17.9 Å². The molecule has 6 rings (SSSR count). The van der Waals surface area contributed by atoms with E-state index in [1.807, 2.05) is 23.2 Å². The van der Waals surface area contributed by atoms with Gasteiger partial charge in [-0.05, 0) is 37.0 Å². The van der Waals surface area contributed by atoms with Gasteiger partial charge in [-0.1, -0.05) is 0 Å². The Bertz CT molecular complexity index is 1340. The van der Waals surface area contributed by atoms with Gasteiger partial charge >= 0.3 is 0 Å². The van der Waals surface area contributed by atoms with Crippen molar-refractivity contribution in [3.8, 4) is 5.75 Å². The highest BCUT2D eigenvalue weighted by molar-refractivity contribution is 7.19. The quantitative estimate of drug-likeness (QED) is 0.492. The normalized spacial score (nSPS) is 18.6. The molecule has 4 aromatic heterocycles. The van der Waals surface area contributed by atoms with E-state index in [2.05, 4.69) is 20.4 Å². The molecule has 1 aliphatic carbocycles. The SMILES string of the molecule is COc1c(Nc2ncnc3sc4c(c23)CC[C@H](C(=O)N2CC(N)C2)C4)ccn2nccc12. The summed E-state index contributed by atoms with van der Waals surface area (Å²) in [4.78, 5) is 26.0. The summed E-state index contributed by atoms with van der Waals surface area (Å²) < 4.78 is 7.44. The number of amides is 1. The second kappa shape index (κ2) is 7.42. The van der Waals surface area contributed by atoms with E-state index in [4.69, 9.17) is 10.5 Å². The van der Waals surface area contributed by atoms with Crippen LogP contribution in [-0.2, 0) is 17.6 Å². The van der Waals surface area contributed by atoms with Gasteiger partial charge in [0, 0.05) is 36.1 Å². The molecule has 1 atom stereocenters. The van der Waals surface area contributed by atoms with Gasteiger partial charge < -0.3 is 20.7 Å². The van der Waals surface area contributed by atoms with Crippen molar-refractivity contribution in [1.82, 2.24) is 24.5 Å². The molecule has 1 saturated heterocycles. The van der Waals surface area contributed by atoms with E-state index < -0.39 is 0 Å². The van der Waals surface area contributed by atoms with Crippen LogP contribution in [0, 0.1) is 5.92 Å². The van der Waals surface area contributed by atoms with Crippen LogP contribution < -0.4 is 15.8 Å². The summed E-state index contributed by atoms with van der Waals surface area (Å²) in [6.07, 6.45) is 7.65. The molecular weight excluding hydrogens is 426 g/mol. The second-order valence-corrected chi connectivity index (χ2v) is 9.48. The highest BCUT2D eigenvalue weighted by Crippen LogP contribution is 2.42. The molecule has 32 heavy (non-hydrogen) atoms. The van der Waals surface area contributed by atoms with E-state index in [0.717, 1.165) is 46.5 Å². The molecule has 10 heteroatoms. The Labute approximate surface area is 188 Å². The van der Waals surface area contributed by atoms with E-state index in [9.17, 15) is 4.79 Å². The maximum absolute atomic E-state index is 12.8. The van der Waals surface area contributed by atoms with Gasteiger partial charge in [0.2, 0.25) is 5.91 Å². The number of anilines is 2. The number of nitrogens with two attached hydrogens (primary N) is 1. The Morgan fingerprint density at radius 3 is 3.00 bits per heavy atom. The molecule has 1 aliphatic heterocycles. The lowest BCUT2D eigenvalue weighted by molar-refractivity contribution is -0.140. The fourth-order valence-electron chi connectivity index (χ4n) is 4.78. The summed E-state index contributed by atoms with van der Waals surface area (Å²) in [6.45, 7) is 1.36. The van der Waals surface area contributed by atoms with Crippen LogP contribution in [0.25, 0.3) is 15.7 Å². The molecule has 0 spiro atoms. The smallest absolute Gasteiger partial charge is 0.226 e. The molecule has 4 aromatic rings. The van der Waals surface area contributed by atoms with Crippen molar-refractivity contribution in [2.24, 2.45) is 11.7 Å². The molecule has 1 amide bonds. The zero-order chi connectivity index (χ0) is 21.8. The lowest BCUT2D eigenvalue weighted by atomic mass is 9.86. The van der Waals surface area contributed by atoms with Crippen LogP contribution in [-0.4, -0.2) is 56.6 Å². The summed E-state index contributed by atoms with van der Waals surface area (Å²) in [7, 11) is 1.65. The lowest BCUT2D eigenvalue weighted by Crippen LogP contribution is -2.59. The van der Waals surface area contributed by atoms with Gasteiger partial charge in [-0.3, -0.25) is 4.79 Å². The van der Waals surface area contributed by atoms with Gasteiger partial charge in [0.15, 0.2) is 5.75 Å². The lowest BCUT2D eigenvalue weighted by Gasteiger charge is -2.39. The van der Waals surface area contributed by atoms with Crippen molar-refractivity contribution >= 4 is 44.5 Å². The number of aromatic nitrogens is 4. The third-order valence-corrected chi connectivity index (χ3v) is 7.57. The molecular formula is C22H23N7O2S. The Balaban J connectivity index is 1.34. The average molecular weight is 450 g/mol. The highest BCUT2D eigenvalue weighted by atomic mass is 32.1. The number of thiophene rings is 1. The minimum atomic E-state index is 0.0248. The number of methoxy groups -OCH3 is 1. The maximum atomic E-state index is 12.8. The fourth-order valence-corrected chi connectivity index (χ4v) is 6.05. The first kappa shape index (κ1) is 19.4. The number of aryl methyl sites for hydroxylation is 1. The largest absolute Gasteiger partial charge is 0.492 e. The standard InChI is InChI=1S/C22H23N7O2S/c1-31-19-15(5-7-29-16(19)4-6-26-29)27-20-18-14-3-2-12(22(30)28-9-13(23)10-28)8-17(14)32-21(18)25-11-24-20/h4-7,11-13H,2-3,8-10,23H2,1H3,(H,24,25,27)/t12-/m0/s1. The Morgan fingerprint density at radius 1 is 1.31 bits per heavy atom. The number of carbonyl (C=O) groups excluding carboxylic acids is 1. The first-order chi connectivity index (χ1) is 15.6. The predicted molar refractivity (Wildman–Crippen MR) is 123 cm³/mol. The first-order valence-electron chi connectivity index (χ1n) is 10.7. The van der Waals surface area contributed by atoms with Crippen molar-refractivity contribution in [2.75, 3.05) is 25.5 Å². The summed E-state index contributed by atoms with van der Waals surface area (Å²) in [5.41, 5.74) is 8.81. The van der Waals surface area contributed by atoms with E-state index in [0.29, 0.717) is 18.8 Å². The number of pyridine rings is 1. The number of hydrogen-bond donors (Lipinski definition) is 2. The molecule has 0 bridgehead atoms. The van der Waals surface area contributed by atoms with Crippen LogP contribution in [0.1, 0.15) is 16.9 Å². The Morgan fingerprint density at radius 2 is 2.19 bits per heavy atom. The second-order valence-electron chi connectivity index (χ2n) is 8.40. The van der Waals surface area contributed by atoms with Gasteiger partial charge in [-0.25, -0.2) is 14.5 Å². The zero-order valence-electron chi connectivity index (χ0n) is 17.6. The number of nitrogens with zero attached hydrogens (tertiary/aromatic N) is 5. The summed E-state index contributed by atoms with van der Waals surface area (Å²) in [6, 6.07) is 3.97. The number of likely N-dealkylation sites (tertiary alicyclic amines) is 1. The highest BCUT2D eigenvalue weighted by Gasteiger charge is 2.35. The van der Waals surface area contributed by atoms with E-state index in [1.165, 1.54) is 10.4 Å². The zero-order valence-corrected chi connectivity index (χ0v) is 18.4. The van der Waals surface area contributed by atoms with Crippen LogP contribution in [0.2, 0.25) is 0 Å². The molecule has 3 N–H and O–H groups in total. The molecule has 0 unspecified atom stereocenters. The number of carbonyl (C=O) groups is 1. The number of rotatable bonds is 4. The molecule has 0 radical (unpaired) electrons. The number of nitrogens with one attached hydrogen (secondary N) is 1. The molecule has 1 fully saturated rings. The monoisotopic (exact) mass is 449 g/mol. The van der Waals surface area contributed by atoms with Crippen LogP contribution in [0.15, 0.2) is 30.9 Å². The third kappa shape index (κ3) is 3.01. The Kier molecular flexibility index (Phi) is 4.51. The minimum Gasteiger partial charge on any atom is -0.492 e. The van der Waals surface area contributed by atoms with Gasteiger partial charge in [-0.15, -0.1) is 11.3 Å². The van der Waals surface area contributed by atoms with E-state index >= 15 is 0 Å². The fraction of sp³-hybridized carbons (Fsp3) is 0.364. The van der Waals surface area contributed by atoms with Crippen LogP contribution in [0.5, 0.6) is 5.75 Å². The van der Waals surface area contributed by atoms with Crippen LogP contribution in [0.3, 0.4) is 0 Å². The molecule has 0 aromatic carbocycles. The van der Waals surface area contributed by atoms with Gasteiger partial charge in [-0.2, -0.15) is 5.10 Å². The average Bonchev–Trinajstić information content (AvgIpc) is 3.40. The minimum absolute atomic E-state index is 0.0248. The topological polar surface area (TPSA) is 111 Å². The predicted octanol–water partition coefficient (Wildman–Crippen LogP) is 2.37. The maximum Gasteiger partial charge on any atom is 0.226 e. The molecule has 164 valence electrons. The summed E-state index contributed by atoms with van der Waals surface area (Å²) in [5, 5.41) is 8.77. The first-order valence-corrected chi connectivity index (χ1v) is 11.5. The van der Waals surface area contributed by atoms with Crippen LogP contribution >= 0.6 is 11.3 Å². The number of ether oxygens (including phenoxy) is 1. The number of fused-ring (bicyclic) bond motifs is 4. The van der Waals surface area contributed by atoms with E-state index in [1.54, 1.807) is 35.5 Å². The van der Waals surface area contributed by atoms with Crippen molar-refractivity contribution in [2.45, 2.75) is 25.3 Å². The van der Waals surface area contributed by atoms with Gasteiger partial charge in [0.25, 0.3) is 0 Å². The van der Waals surface area contributed by atoms with Gasteiger partial charge in [0.1, 0.15) is 22.5 Å². The summed E-state index contributed by atoms with van der Waals surface area (Å²) >= 11 is 1.67. The molecule has 5 heterocycles. The van der Waals surface area contributed by atoms with Gasteiger partial charge in [0.05, 0.1) is 24.4 Å². The Hall–Kier alpha value is -3.24. The number of hydrogen-bond acceptors (Lipinski definition) is 8.